The molecule has 0 radical (unpaired) electrons. The van der Waals surface area contributed by atoms with Crippen molar-refractivity contribution in [3.63, 3.8) is 0 Å². The molecule has 0 aromatic carbocycles. The molecule has 0 fully saturated rings. The quantitative estimate of drug-likeness (QED) is 0.664. The largest absolute Gasteiger partial charge is 0.390 e. The highest BCUT2D eigenvalue weighted by Crippen LogP contribution is 2.12. The van der Waals surface area contributed by atoms with Crippen molar-refractivity contribution in [1.82, 2.24) is 0 Å². The lowest BCUT2D eigenvalue weighted by Crippen LogP contribution is -2.31. The van der Waals surface area contributed by atoms with Gasteiger partial charge >= 0.3 is 0 Å². The summed E-state index contributed by atoms with van der Waals surface area (Å²) in [6.45, 7) is 8.65. The van der Waals surface area contributed by atoms with Gasteiger partial charge in [0.1, 0.15) is 0 Å². The highest BCUT2D eigenvalue weighted by Gasteiger charge is 2.19. The second-order valence-electron chi connectivity index (χ2n) is 3.04. The molecule has 11 heavy (non-hydrogen) atoms. The lowest BCUT2D eigenvalue weighted by Gasteiger charge is -2.23. The normalized spacial score (nSPS) is 19.4. The van der Waals surface area contributed by atoms with E-state index in [1.807, 2.05) is 20.8 Å². The first-order valence-electron chi connectivity index (χ1n) is 4.43. The smallest absolute Gasteiger partial charge is 0.0824 e. The molecule has 2 heteroatoms. The van der Waals surface area contributed by atoms with Crippen LogP contribution >= 0.6 is 0 Å². The van der Waals surface area contributed by atoms with Crippen molar-refractivity contribution in [3.8, 4) is 0 Å². The van der Waals surface area contributed by atoms with Crippen molar-refractivity contribution in [2.24, 2.45) is 5.92 Å². The summed E-state index contributed by atoms with van der Waals surface area (Å²) in [5.41, 5.74) is 0. The van der Waals surface area contributed by atoms with E-state index in [1.165, 1.54) is 0 Å². The Labute approximate surface area is 69.6 Å². The highest BCUT2D eigenvalue weighted by atomic mass is 16.5. The zero-order chi connectivity index (χ0) is 8.85. The van der Waals surface area contributed by atoms with Crippen LogP contribution in [-0.2, 0) is 4.74 Å². The Morgan fingerprint density at radius 2 is 1.82 bits per heavy atom. The molecule has 0 amide bonds. The minimum absolute atomic E-state index is 0.0325. The van der Waals surface area contributed by atoms with Crippen LogP contribution in [0, 0.1) is 5.92 Å². The van der Waals surface area contributed by atoms with Crippen molar-refractivity contribution < 1.29 is 9.84 Å². The van der Waals surface area contributed by atoms with Crippen LogP contribution in [-0.4, -0.2) is 23.9 Å². The SMILES string of the molecule is CCOC(C)C(O)C(C)CC. The number of ether oxygens (including phenoxy) is 1. The third kappa shape index (κ3) is 3.73. The van der Waals surface area contributed by atoms with Crippen LogP contribution in [0.5, 0.6) is 0 Å². The molecule has 68 valence electrons. The monoisotopic (exact) mass is 160 g/mol. The molecule has 0 aromatic heterocycles. The maximum Gasteiger partial charge on any atom is 0.0824 e. The summed E-state index contributed by atoms with van der Waals surface area (Å²) in [7, 11) is 0. The van der Waals surface area contributed by atoms with Crippen LogP contribution in [0.25, 0.3) is 0 Å². The van der Waals surface area contributed by atoms with Gasteiger partial charge in [0, 0.05) is 6.61 Å². The van der Waals surface area contributed by atoms with E-state index in [0.29, 0.717) is 12.5 Å². The van der Waals surface area contributed by atoms with Gasteiger partial charge in [-0.25, -0.2) is 0 Å². The average Bonchev–Trinajstić information content (AvgIpc) is 2.02. The maximum atomic E-state index is 9.59. The minimum Gasteiger partial charge on any atom is -0.390 e. The molecule has 3 unspecified atom stereocenters. The molecule has 0 aliphatic rings. The summed E-state index contributed by atoms with van der Waals surface area (Å²) >= 11 is 0. The van der Waals surface area contributed by atoms with Gasteiger partial charge in [-0.2, -0.15) is 0 Å². The first-order chi connectivity index (χ1) is 5.13. The van der Waals surface area contributed by atoms with Crippen LogP contribution in [0.3, 0.4) is 0 Å². The predicted molar refractivity (Wildman–Crippen MR) is 46.5 cm³/mol. The van der Waals surface area contributed by atoms with Crippen molar-refractivity contribution >= 4 is 0 Å². The second-order valence-corrected chi connectivity index (χ2v) is 3.04. The Morgan fingerprint density at radius 1 is 1.27 bits per heavy atom. The zero-order valence-electron chi connectivity index (χ0n) is 8.00. The van der Waals surface area contributed by atoms with Crippen molar-refractivity contribution in [2.45, 2.75) is 46.3 Å². The third-order valence-corrected chi connectivity index (χ3v) is 2.14. The van der Waals surface area contributed by atoms with Crippen LogP contribution in [0.4, 0.5) is 0 Å². The van der Waals surface area contributed by atoms with E-state index in [0.717, 1.165) is 6.42 Å². The number of aliphatic hydroxyl groups excluding tert-OH is 1. The molecule has 0 bridgehead atoms. The average molecular weight is 160 g/mol. The molecular weight excluding hydrogens is 140 g/mol. The molecular formula is C9H20O2. The van der Waals surface area contributed by atoms with Crippen molar-refractivity contribution in [2.75, 3.05) is 6.61 Å². The van der Waals surface area contributed by atoms with Gasteiger partial charge in [-0.15, -0.1) is 0 Å². The Bertz CT molecular complexity index is 93.6. The van der Waals surface area contributed by atoms with Gasteiger partial charge in [0.25, 0.3) is 0 Å². The van der Waals surface area contributed by atoms with Gasteiger partial charge in [0.2, 0.25) is 0 Å². The Morgan fingerprint density at radius 3 is 2.18 bits per heavy atom. The molecule has 0 aliphatic heterocycles. The van der Waals surface area contributed by atoms with E-state index >= 15 is 0 Å². The Kier molecular flexibility index (Phi) is 5.51. The fourth-order valence-corrected chi connectivity index (χ4v) is 1.07. The van der Waals surface area contributed by atoms with E-state index in [9.17, 15) is 5.11 Å². The molecule has 0 saturated carbocycles. The molecule has 0 rings (SSSR count). The number of rotatable bonds is 5. The first-order valence-corrected chi connectivity index (χ1v) is 4.43. The fourth-order valence-electron chi connectivity index (χ4n) is 1.07. The van der Waals surface area contributed by atoms with Crippen LogP contribution in [0.15, 0.2) is 0 Å². The highest BCUT2D eigenvalue weighted by molar-refractivity contribution is 4.69. The van der Waals surface area contributed by atoms with Crippen molar-refractivity contribution in [1.29, 1.82) is 0 Å². The number of hydrogen-bond acceptors (Lipinski definition) is 2. The molecule has 3 atom stereocenters. The van der Waals surface area contributed by atoms with Gasteiger partial charge in [-0.3, -0.25) is 0 Å². The van der Waals surface area contributed by atoms with Gasteiger partial charge < -0.3 is 9.84 Å². The van der Waals surface area contributed by atoms with Crippen LogP contribution in [0.1, 0.15) is 34.1 Å². The van der Waals surface area contributed by atoms with Crippen LogP contribution in [0.2, 0.25) is 0 Å². The van der Waals surface area contributed by atoms with E-state index in [4.69, 9.17) is 4.74 Å². The van der Waals surface area contributed by atoms with E-state index < -0.39 is 0 Å². The number of aliphatic hydroxyl groups is 1. The third-order valence-electron chi connectivity index (χ3n) is 2.14. The molecule has 1 N–H and O–H groups in total. The summed E-state index contributed by atoms with van der Waals surface area (Å²) < 4.78 is 5.28. The Hall–Kier alpha value is -0.0800. The van der Waals surface area contributed by atoms with Gasteiger partial charge in [-0.1, -0.05) is 20.3 Å². The zero-order valence-corrected chi connectivity index (χ0v) is 8.00. The lowest BCUT2D eigenvalue weighted by atomic mass is 9.98. The lowest BCUT2D eigenvalue weighted by molar-refractivity contribution is -0.0455. The summed E-state index contributed by atoms with van der Waals surface area (Å²) in [4.78, 5) is 0. The summed E-state index contributed by atoms with van der Waals surface area (Å²) in [6.07, 6.45) is 0.647. The van der Waals surface area contributed by atoms with Crippen LogP contribution < -0.4 is 0 Å². The summed E-state index contributed by atoms with van der Waals surface area (Å²) in [5, 5.41) is 9.59. The molecule has 2 nitrogen and oxygen atoms in total. The second kappa shape index (κ2) is 5.56. The summed E-state index contributed by atoms with van der Waals surface area (Å²) in [5.74, 6) is 0.330. The fraction of sp³-hybridized carbons (Fsp3) is 1.00. The predicted octanol–water partition coefficient (Wildman–Crippen LogP) is 1.82. The van der Waals surface area contributed by atoms with E-state index in [2.05, 4.69) is 6.92 Å². The van der Waals surface area contributed by atoms with E-state index in [-0.39, 0.29) is 12.2 Å². The molecule has 0 saturated heterocycles. The molecule has 0 spiro atoms. The van der Waals surface area contributed by atoms with Gasteiger partial charge in [-0.05, 0) is 19.8 Å². The first kappa shape index (κ1) is 10.9. The van der Waals surface area contributed by atoms with E-state index in [1.54, 1.807) is 0 Å². The molecule has 0 aliphatic carbocycles. The van der Waals surface area contributed by atoms with Gasteiger partial charge in [0.15, 0.2) is 0 Å². The standard InChI is InChI=1S/C9H20O2/c1-5-7(3)9(10)8(4)11-6-2/h7-10H,5-6H2,1-4H3. The minimum atomic E-state index is -0.319. The van der Waals surface area contributed by atoms with Gasteiger partial charge in [0.05, 0.1) is 12.2 Å². The Balaban J connectivity index is 3.70. The van der Waals surface area contributed by atoms with Crippen molar-refractivity contribution in [3.05, 3.63) is 0 Å². The number of hydrogen-bond donors (Lipinski definition) is 1. The topological polar surface area (TPSA) is 29.5 Å². The molecule has 0 aromatic rings. The molecule has 0 heterocycles. The maximum absolute atomic E-state index is 9.59. The summed E-state index contributed by atoms with van der Waals surface area (Å²) in [6, 6.07) is 0.